The second-order valence-corrected chi connectivity index (χ2v) is 7.56. The van der Waals surface area contributed by atoms with Crippen molar-refractivity contribution < 1.29 is 50.8 Å². The molecular formula is C24H24F6N2O5. The van der Waals surface area contributed by atoms with Crippen LogP contribution in [0, 0.1) is 0 Å². The number of fused-ring (bicyclic) bond motifs is 2. The molecule has 0 unspecified atom stereocenters. The first kappa shape index (κ1) is 28.2. The van der Waals surface area contributed by atoms with E-state index in [1.807, 2.05) is 0 Å². The van der Waals surface area contributed by atoms with Crippen molar-refractivity contribution in [1.82, 2.24) is 9.13 Å². The van der Waals surface area contributed by atoms with Crippen LogP contribution >= 0.6 is 0 Å². The molecule has 0 amide bonds. The molecule has 0 aliphatic heterocycles. The first-order valence-corrected chi connectivity index (χ1v) is 11.0. The van der Waals surface area contributed by atoms with Crippen LogP contribution in [0.2, 0.25) is 0 Å². The van der Waals surface area contributed by atoms with E-state index in [2.05, 4.69) is 9.47 Å². The highest BCUT2D eigenvalue weighted by Gasteiger charge is 2.33. The third-order valence-corrected chi connectivity index (χ3v) is 5.01. The molecule has 37 heavy (non-hydrogen) atoms. The van der Waals surface area contributed by atoms with Gasteiger partial charge in [-0.1, -0.05) is 24.3 Å². The Bertz CT molecular complexity index is 1280. The highest BCUT2D eigenvalue weighted by Crippen LogP contribution is 2.32. The van der Waals surface area contributed by atoms with Gasteiger partial charge in [0, 0.05) is 36.3 Å². The monoisotopic (exact) mass is 534 g/mol. The third-order valence-electron chi connectivity index (χ3n) is 5.01. The zero-order valence-electron chi connectivity index (χ0n) is 19.3. The minimum Gasteiger partial charge on any atom is -0.404 e. The molecule has 13 heteroatoms. The Balaban J connectivity index is 0.000000208. The zero-order chi connectivity index (χ0) is 27.1. The lowest BCUT2D eigenvalue weighted by molar-refractivity contribution is -0.275. The number of hydrogen-bond donors (Lipinski definition) is 2. The summed E-state index contributed by atoms with van der Waals surface area (Å²) in [5.41, 5.74) is 0.705. The van der Waals surface area contributed by atoms with Crippen molar-refractivity contribution in [2.45, 2.75) is 25.8 Å². The van der Waals surface area contributed by atoms with Crippen molar-refractivity contribution in [2.75, 3.05) is 26.4 Å². The highest BCUT2D eigenvalue weighted by atomic mass is 19.4. The lowest BCUT2D eigenvalue weighted by Gasteiger charge is -2.12. The molecule has 2 heterocycles. The molecule has 2 N–H and O–H groups in total. The molecule has 4 aromatic rings. The summed E-state index contributed by atoms with van der Waals surface area (Å²) in [7, 11) is 0. The lowest BCUT2D eigenvalue weighted by Crippen LogP contribution is -2.18. The van der Waals surface area contributed by atoms with E-state index >= 15 is 0 Å². The summed E-state index contributed by atoms with van der Waals surface area (Å²) in [4.78, 5) is 0. The predicted molar refractivity (Wildman–Crippen MR) is 122 cm³/mol. The van der Waals surface area contributed by atoms with Crippen LogP contribution in [-0.4, -0.2) is 58.5 Å². The molecule has 0 bridgehead atoms. The van der Waals surface area contributed by atoms with E-state index in [1.165, 1.54) is 28.8 Å². The van der Waals surface area contributed by atoms with E-state index in [0.717, 1.165) is 0 Å². The third kappa shape index (κ3) is 8.03. The molecule has 202 valence electrons. The van der Waals surface area contributed by atoms with Crippen LogP contribution in [0.4, 0.5) is 26.3 Å². The molecule has 0 radical (unpaired) electrons. The fraction of sp³-hybridized carbons (Fsp3) is 0.333. The van der Waals surface area contributed by atoms with Gasteiger partial charge >= 0.3 is 12.7 Å². The number of benzene rings is 2. The van der Waals surface area contributed by atoms with Gasteiger partial charge < -0.3 is 33.6 Å². The number of alkyl halides is 6. The second-order valence-electron chi connectivity index (χ2n) is 7.56. The van der Waals surface area contributed by atoms with Gasteiger partial charge in [0.05, 0.1) is 37.5 Å². The SMILES string of the molecule is OCCOCCn1ccc2cccc(OC(F)(F)F)c21.OCCn1ccc2cccc(OC(F)(F)F)c21. The molecule has 2 aromatic heterocycles. The first-order chi connectivity index (χ1) is 17.5. The van der Waals surface area contributed by atoms with Gasteiger partial charge in [0.15, 0.2) is 11.5 Å². The van der Waals surface area contributed by atoms with Gasteiger partial charge in [0.1, 0.15) is 0 Å². The Hall–Kier alpha value is -3.42. The van der Waals surface area contributed by atoms with Crippen LogP contribution in [-0.2, 0) is 17.8 Å². The Morgan fingerprint density at radius 1 is 0.622 bits per heavy atom. The Morgan fingerprint density at radius 3 is 1.54 bits per heavy atom. The maximum Gasteiger partial charge on any atom is 0.573 e. The van der Waals surface area contributed by atoms with Crippen LogP contribution in [0.3, 0.4) is 0 Å². The number of aliphatic hydroxyl groups excluding tert-OH is 2. The van der Waals surface area contributed by atoms with E-state index in [0.29, 0.717) is 35.0 Å². The summed E-state index contributed by atoms with van der Waals surface area (Å²) < 4.78 is 90.0. The maximum atomic E-state index is 12.4. The summed E-state index contributed by atoms with van der Waals surface area (Å²) in [6.07, 6.45) is -6.15. The van der Waals surface area contributed by atoms with Crippen molar-refractivity contribution in [2.24, 2.45) is 0 Å². The number of aliphatic hydroxyl groups is 2. The summed E-state index contributed by atoms with van der Waals surface area (Å²) in [5, 5.41) is 18.7. The van der Waals surface area contributed by atoms with E-state index in [1.54, 1.807) is 41.2 Å². The lowest BCUT2D eigenvalue weighted by atomic mass is 10.2. The van der Waals surface area contributed by atoms with Crippen LogP contribution in [0.5, 0.6) is 11.5 Å². The van der Waals surface area contributed by atoms with Crippen LogP contribution in [0.15, 0.2) is 60.9 Å². The minimum absolute atomic E-state index is 0.0884. The molecule has 0 spiro atoms. The molecule has 4 rings (SSSR count). The van der Waals surface area contributed by atoms with Crippen molar-refractivity contribution >= 4 is 21.8 Å². The largest absolute Gasteiger partial charge is 0.573 e. The van der Waals surface area contributed by atoms with Gasteiger partial charge in [-0.05, 0) is 24.3 Å². The van der Waals surface area contributed by atoms with Crippen molar-refractivity contribution in [3.05, 3.63) is 60.9 Å². The minimum atomic E-state index is -4.73. The Morgan fingerprint density at radius 2 is 1.11 bits per heavy atom. The normalized spacial score (nSPS) is 12.0. The predicted octanol–water partition coefficient (Wildman–Crippen LogP) is 5.08. The summed E-state index contributed by atoms with van der Waals surface area (Å²) >= 11 is 0. The summed E-state index contributed by atoms with van der Waals surface area (Å²) in [5.74, 6) is -0.490. The standard InChI is InChI=1S/C13H14F3NO3.C11H10F3NO2/c14-13(15,16)20-11-3-1-2-10-4-5-17(12(10)11)6-8-19-9-7-18;12-11(13,14)17-9-3-1-2-8-4-5-15(6-7-16)10(8)9/h1-5,18H,6-9H2;1-5,16H,6-7H2. The fourth-order valence-electron chi connectivity index (χ4n) is 3.68. The van der Waals surface area contributed by atoms with Crippen LogP contribution in [0.1, 0.15) is 0 Å². The smallest absolute Gasteiger partial charge is 0.404 e. The van der Waals surface area contributed by atoms with Crippen molar-refractivity contribution in [3.63, 3.8) is 0 Å². The molecule has 0 fully saturated rings. The van der Waals surface area contributed by atoms with Gasteiger partial charge in [-0.2, -0.15) is 0 Å². The molecule has 0 aliphatic rings. The highest BCUT2D eigenvalue weighted by molar-refractivity contribution is 5.86. The average molecular weight is 534 g/mol. The van der Waals surface area contributed by atoms with E-state index in [-0.39, 0.29) is 37.9 Å². The molecule has 0 saturated carbocycles. The zero-order valence-corrected chi connectivity index (χ0v) is 19.3. The van der Waals surface area contributed by atoms with E-state index < -0.39 is 12.7 Å². The van der Waals surface area contributed by atoms with Crippen LogP contribution in [0.25, 0.3) is 21.8 Å². The second kappa shape index (κ2) is 12.2. The van der Waals surface area contributed by atoms with E-state index in [9.17, 15) is 26.3 Å². The molecule has 2 aromatic carbocycles. The molecule has 0 aliphatic carbocycles. The molecule has 0 saturated heterocycles. The number of ether oxygens (including phenoxy) is 3. The number of halogens is 6. The van der Waals surface area contributed by atoms with Crippen LogP contribution < -0.4 is 9.47 Å². The maximum absolute atomic E-state index is 12.4. The number of para-hydroxylation sites is 2. The number of hydrogen-bond acceptors (Lipinski definition) is 5. The van der Waals surface area contributed by atoms with Gasteiger partial charge in [0.25, 0.3) is 0 Å². The van der Waals surface area contributed by atoms with Gasteiger partial charge in [-0.3, -0.25) is 0 Å². The first-order valence-electron chi connectivity index (χ1n) is 11.0. The van der Waals surface area contributed by atoms with E-state index in [4.69, 9.17) is 14.9 Å². The quantitative estimate of drug-likeness (QED) is 0.231. The Labute approximate surface area is 207 Å². The fourth-order valence-corrected chi connectivity index (χ4v) is 3.68. The number of nitrogens with zero attached hydrogens (tertiary/aromatic N) is 2. The number of aromatic nitrogens is 2. The molecule has 0 atom stereocenters. The Kier molecular flexibility index (Phi) is 9.29. The van der Waals surface area contributed by atoms with Crippen molar-refractivity contribution in [1.29, 1.82) is 0 Å². The molecular weight excluding hydrogens is 510 g/mol. The molecule has 7 nitrogen and oxygen atoms in total. The average Bonchev–Trinajstić information content (AvgIpc) is 3.41. The summed E-state index contributed by atoms with van der Waals surface area (Å²) in [6.45, 7) is 0.859. The topological polar surface area (TPSA) is 78.0 Å². The van der Waals surface area contributed by atoms with Gasteiger partial charge in [-0.25, -0.2) is 0 Å². The van der Waals surface area contributed by atoms with Gasteiger partial charge in [-0.15, -0.1) is 26.3 Å². The summed E-state index contributed by atoms with van der Waals surface area (Å²) in [6, 6.07) is 12.3. The van der Waals surface area contributed by atoms with Crippen molar-refractivity contribution in [3.8, 4) is 11.5 Å². The number of rotatable bonds is 9. The van der Waals surface area contributed by atoms with Gasteiger partial charge in [0.2, 0.25) is 0 Å².